The van der Waals surface area contributed by atoms with Crippen LogP contribution < -0.4 is 17.0 Å². The van der Waals surface area contributed by atoms with Gasteiger partial charge >= 0.3 is 0 Å². The maximum absolute atomic E-state index is 10.4. The summed E-state index contributed by atoms with van der Waals surface area (Å²) in [5, 5.41) is 8.65. The van der Waals surface area contributed by atoms with Gasteiger partial charge in [-0.1, -0.05) is 12.2 Å². The van der Waals surface area contributed by atoms with Crippen molar-refractivity contribution in [2.45, 2.75) is 0 Å². The highest BCUT2D eigenvalue weighted by Gasteiger charge is 1.87. The average molecular weight is 286 g/mol. The molecule has 0 aliphatic heterocycles. The van der Waals surface area contributed by atoms with E-state index in [9.17, 15) is 4.79 Å². The molecule has 0 radical (unpaired) electrons. The van der Waals surface area contributed by atoms with Gasteiger partial charge in [0.1, 0.15) is 10.5 Å². The number of aromatic amines is 3. The summed E-state index contributed by atoms with van der Waals surface area (Å²) in [6.07, 6.45) is 0. The van der Waals surface area contributed by atoms with Gasteiger partial charge in [0.25, 0.3) is 5.56 Å². The monoisotopic (exact) mass is 286 g/mol. The lowest BCUT2D eigenvalue weighted by Gasteiger charge is -1.93. The molecule has 0 aliphatic carbocycles. The molecule has 0 aromatic carbocycles. The van der Waals surface area contributed by atoms with E-state index in [4.69, 9.17) is 28.8 Å². The summed E-state index contributed by atoms with van der Waals surface area (Å²) >= 11 is 9.21. The Balaban J connectivity index is 0.000000180. The summed E-state index contributed by atoms with van der Waals surface area (Å²) in [4.78, 5) is 21.3. The standard InChI is InChI=1S/C4H6N4S.C4H4N2O2S/c5-2-1-3(9)8-4(6)7-2;7-2-1-3(8)6-4(9)5-2/h1H,(H5,5,6,7,8,9);1H,(H3,5,6,7,8,9). The molecule has 0 unspecified atom stereocenters. The molecule has 96 valence electrons. The Labute approximate surface area is 111 Å². The lowest BCUT2D eigenvalue weighted by atomic mass is 10.6. The second kappa shape index (κ2) is 5.93. The van der Waals surface area contributed by atoms with Gasteiger partial charge < -0.3 is 26.5 Å². The molecule has 0 amide bonds. The Morgan fingerprint density at radius 1 is 1.17 bits per heavy atom. The quantitative estimate of drug-likeness (QED) is 0.385. The molecule has 0 fully saturated rings. The van der Waals surface area contributed by atoms with Crippen LogP contribution in [0, 0.1) is 9.41 Å². The minimum atomic E-state index is -0.406. The average Bonchev–Trinajstić information content (AvgIpc) is 2.12. The molecule has 8 nitrogen and oxygen atoms in total. The normalized spacial score (nSPS) is 9.33. The smallest absolute Gasteiger partial charge is 0.255 e. The Kier molecular flexibility index (Phi) is 4.57. The number of hydrogen-bond acceptors (Lipinski definition) is 7. The maximum atomic E-state index is 10.4. The molecule has 0 atom stereocenters. The number of rotatable bonds is 0. The maximum Gasteiger partial charge on any atom is 0.255 e. The van der Waals surface area contributed by atoms with E-state index in [1.165, 1.54) is 6.07 Å². The summed E-state index contributed by atoms with van der Waals surface area (Å²) in [6.45, 7) is 0. The zero-order chi connectivity index (χ0) is 13.7. The number of nitrogens with zero attached hydrogens (tertiary/aromatic N) is 1. The molecule has 0 saturated carbocycles. The third-order valence-electron chi connectivity index (χ3n) is 1.53. The fraction of sp³-hybridized carbons (Fsp3) is 0. The van der Waals surface area contributed by atoms with Crippen molar-refractivity contribution in [2.24, 2.45) is 0 Å². The van der Waals surface area contributed by atoms with Crippen LogP contribution in [0.2, 0.25) is 0 Å². The Bertz CT molecular complexity index is 652. The van der Waals surface area contributed by atoms with Crippen LogP contribution in [0.15, 0.2) is 16.9 Å². The fourth-order valence-corrected chi connectivity index (χ4v) is 1.38. The first-order valence-corrected chi connectivity index (χ1v) is 5.33. The molecule has 2 aromatic heterocycles. The molecule has 0 saturated heterocycles. The predicted molar refractivity (Wildman–Crippen MR) is 72.2 cm³/mol. The molecule has 2 rings (SSSR count). The van der Waals surface area contributed by atoms with Gasteiger partial charge in [0.15, 0.2) is 16.6 Å². The van der Waals surface area contributed by atoms with E-state index in [1.54, 1.807) is 0 Å². The first-order valence-electron chi connectivity index (χ1n) is 4.52. The molecule has 0 spiro atoms. The number of nitrogen functional groups attached to an aromatic ring is 2. The van der Waals surface area contributed by atoms with E-state index < -0.39 is 5.56 Å². The highest BCUT2D eigenvalue weighted by molar-refractivity contribution is 7.71. The van der Waals surface area contributed by atoms with Crippen LogP contribution in [0.4, 0.5) is 11.8 Å². The Hall–Kier alpha value is -2.20. The summed E-state index contributed by atoms with van der Waals surface area (Å²) in [7, 11) is 0. The van der Waals surface area contributed by atoms with Crippen molar-refractivity contribution in [3.63, 3.8) is 0 Å². The van der Waals surface area contributed by atoms with Crippen LogP contribution in [0.25, 0.3) is 0 Å². The van der Waals surface area contributed by atoms with E-state index in [1.807, 2.05) is 0 Å². The third-order valence-corrected chi connectivity index (χ3v) is 1.94. The zero-order valence-electron chi connectivity index (χ0n) is 8.93. The predicted octanol–water partition coefficient (Wildman–Crippen LogP) is 0.442. The van der Waals surface area contributed by atoms with Gasteiger partial charge in [-0.25, -0.2) is 4.98 Å². The van der Waals surface area contributed by atoms with E-state index in [2.05, 4.69) is 32.2 Å². The van der Waals surface area contributed by atoms with Crippen molar-refractivity contribution < 1.29 is 5.11 Å². The molecular weight excluding hydrogens is 276 g/mol. The minimum absolute atomic E-state index is 0.125. The number of H-pyrrole nitrogens is 3. The van der Waals surface area contributed by atoms with Gasteiger partial charge in [-0.15, -0.1) is 0 Å². The molecule has 0 bridgehead atoms. The van der Waals surface area contributed by atoms with Crippen LogP contribution in [-0.4, -0.2) is 25.0 Å². The van der Waals surface area contributed by atoms with Crippen molar-refractivity contribution in [3.8, 4) is 5.88 Å². The van der Waals surface area contributed by atoms with Gasteiger partial charge in [0.2, 0.25) is 0 Å². The summed E-state index contributed by atoms with van der Waals surface area (Å²) in [6, 6.07) is 2.54. The van der Waals surface area contributed by atoms with Gasteiger partial charge in [-0.3, -0.25) is 9.78 Å². The van der Waals surface area contributed by atoms with Crippen LogP contribution in [0.5, 0.6) is 5.88 Å². The molecule has 18 heavy (non-hydrogen) atoms. The summed E-state index contributed by atoms with van der Waals surface area (Å²) in [5.74, 6) is 0.469. The number of aromatic nitrogens is 4. The van der Waals surface area contributed by atoms with E-state index in [0.717, 1.165) is 6.07 Å². The van der Waals surface area contributed by atoms with E-state index in [0.29, 0.717) is 10.5 Å². The second-order valence-corrected chi connectivity index (χ2v) is 3.86. The highest BCUT2D eigenvalue weighted by atomic mass is 32.1. The minimum Gasteiger partial charge on any atom is -0.494 e. The summed E-state index contributed by atoms with van der Waals surface area (Å²) in [5.41, 5.74) is 10.2. The van der Waals surface area contributed by atoms with Crippen LogP contribution >= 0.6 is 24.4 Å². The largest absolute Gasteiger partial charge is 0.494 e. The van der Waals surface area contributed by atoms with Crippen molar-refractivity contribution in [2.75, 3.05) is 11.5 Å². The number of hydrogen-bond donors (Lipinski definition) is 6. The van der Waals surface area contributed by atoms with Crippen LogP contribution in [0.3, 0.4) is 0 Å². The second-order valence-electron chi connectivity index (χ2n) is 3.03. The number of nitrogens with one attached hydrogen (secondary N) is 3. The molecule has 2 aromatic rings. The number of aromatic hydroxyl groups is 1. The van der Waals surface area contributed by atoms with E-state index in [-0.39, 0.29) is 16.6 Å². The fourth-order valence-electron chi connectivity index (χ4n) is 0.952. The topological polar surface area (TPSA) is 150 Å². The molecule has 0 aliphatic rings. The zero-order valence-corrected chi connectivity index (χ0v) is 10.6. The van der Waals surface area contributed by atoms with Gasteiger partial charge in [0.05, 0.1) is 6.07 Å². The number of nitrogens with two attached hydrogens (primary N) is 2. The van der Waals surface area contributed by atoms with Gasteiger partial charge in [-0.2, -0.15) is 0 Å². The lowest BCUT2D eigenvalue weighted by Crippen LogP contribution is -2.03. The van der Waals surface area contributed by atoms with Crippen molar-refractivity contribution >= 4 is 36.2 Å². The number of anilines is 2. The SMILES string of the molecule is Nc1cc(=S)nc(N)[nH]1.O=c1cc(O)[nH]c(=S)[nH]1. The molecule has 2 heterocycles. The summed E-state index contributed by atoms with van der Waals surface area (Å²) < 4.78 is 0.531. The van der Waals surface area contributed by atoms with Crippen LogP contribution in [-0.2, 0) is 0 Å². The lowest BCUT2D eigenvalue weighted by molar-refractivity contribution is 0.450. The van der Waals surface area contributed by atoms with Crippen LogP contribution in [0.1, 0.15) is 0 Å². The first-order chi connectivity index (χ1) is 8.36. The molecule has 10 heteroatoms. The van der Waals surface area contributed by atoms with Crippen molar-refractivity contribution in [1.82, 2.24) is 19.9 Å². The van der Waals surface area contributed by atoms with Crippen molar-refractivity contribution in [1.29, 1.82) is 0 Å². The Morgan fingerprint density at radius 3 is 2.28 bits per heavy atom. The Morgan fingerprint density at radius 2 is 1.83 bits per heavy atom. The van der Waals surface area contributed by atoms with E-state index >= 15 is 0 Å². The highest BCUT2D eigenvalue weighted by Crippen LogP contribution is 1.97. The molecular formula is C8H10N6O2S2. The van der Waals surface area contributed by atoms with Crippen molar-refractivity contribution in [3.05, 3.63) is 31.9 Å². The van der Waals surface area contributed by atoms with Gasteiger partial charge in [-0.05, 0) is 12.2 Å². The first kappa shape index (κ1) is 13.9. The third kappa shape index (κ3) is 4.76. The van der Waals surface area contributed by atoms with Gasteiger partial charge in [0, 0.05) is 6.07 Å². The molecule has 8 N–H and O–H groups in total.